The Bertz CT molecular complexity index is 643. The Hall–Kier alpha value is -1.22. The topological polar surface area (TPSA) is 96.7 Å². The van der Waals surface area contributed by atoms with Gasteiger partial charge in [-0.3, -0.25) is 9.89 Å². The molecule has 1 unspecified atom stereocenters. The Balaban J connectivity index is 0.00000192. The van der Waals surface area contributed by atoms with Gasteiger partial charge in [-0.05, 0) is 24.3 Å². The lowest BCUT2D eigenvalue weighted by Crippen LogP contribution is -2.30. The minimum absolute atomic E-state index is 0. The van der Waals surface area contributed by atoms with Gasteiger partial charge in [0.2, 0.25) is 5.91 Å². The van der Waals surface area contributed by atoms with Crippen LogP contribution in [-0.2, 0) is 11.3 Å². The van der Waals surface area contributed by atoms with E-state index in [1.54, 1.807) is 11.8 Å². The Morgan fingerprint density at radius 3 is 2.74 bits per heavy atom. The number of hydrogen-bond donors (Lipinski definition) is 3. The number of aromatic amines is 1. The second-order valence-corrected chi connectivity index (χ2v) is 7.27. The zero-order valence-corrected chi connectivity index (χ0v) is 14.8. The monoisotopic (exact) mass is 371 g/mol. The highest BCUT2D eigenvalue weighted by Gasteiger charge is 2.22. The van der Waals surface area contributed by atoms with Gasteiger partial charge in [0.05, 0.1) is 11.8 Å². The number of halogens is 1. The van der Waals surface area contributed by atoms with E-state index >= 15 is 0 Å². The van der Waals surface area contributed by atoms with E-state index in [2.05, 4.69) is 20.5 Å². The number of nitrogens with one attached hydrogen (secondary N) is 2. The smallest absolute Gasteiger partial charge is 0.238 e. The number of rotatable bonds is 4. The van der Waals surface area contributed by atoms with Crippen LogP contribution in [0, 0.1) is 0 Å². The van der Waals surface area contributed by atoms with Crippen molar-refractivity contribution in [1.29, 1.82) is 0 Å². The number of thioether (sulfide) groups is 2. The van der Waals surface area contributed by atoms with E-state index in [0.717, 1.165) is 28.5 Å². The first kappa shape index (κ1) is 18.1. The molecular formula is C14H18ClN5OS2. The molecular weight excluding hydrogens is 354 g/mol. The highest BCUT2D eigenvalue weighted by Crippen LogP contribution is 2.25. The molecule has 1 fully saturated rings. The molecule has 3 rings (SSSR count). The molecule has 1 aromatic heterocycles. The molecule has 1 amide bonds. The van der Waals surface area contributed by atoms with Crippen LogP contribution < -0.4 is 11.1 Å². The van der Waals surface area contributed by atoms with Crippen LogP contribution >= 0.6 is 35.9 Å². The van der Waals surface area contributed by atoms with Gasteiger partial charge in [0.1, 0.15) is 5.82 Å². The molecule has 124 valence electrons. The molecule has 2 heterocycles. The molecule has 0 saturated carbocycles. The Kier molecular flexibility index (Phi) is 6.76. The van der Waals surface area contributed by atoms with Crippen LogP contribution in [0.4, 0.5) is 5.69 Å². The van der Waals surface area contributed by atoms with Crippen molar-refractivity contribution in [3.8, 4) is 11.4 Å². The van der Waals surface area contributed by atoms with Crippen molar-refractivity contribution in [3.05, 3.63) is 30.1 Å². The van der Waals surface area contributed by atoms with Crippen LogP contribution in [0.5, 0.6) is 0 Å². The molecule has 6 nitrogen and oxygen atoms in total. The lowest BCUT2D eigenvalue weighted by atomic mass is 10.2. The van der Waals surface area contributed by atoms with E-state index < -0.39 is 0 Å². The van der Waals surface area contributed by atoms with Crippen LogP contribution in [0.3, 0.4) is 0 Å². The second-order valence-electron chi connectivity index (χ2n) is 4.81. The van der Waals surface area contributed by atoms with E-state index in [9.17, 15) is 4.79 Å². The maximum atomic E-state index is 12.2. The van der Waals surface area contributed by atoms with Gasteiger partial charge in [-0.15, -0.1) is 24.2 Å². The molecule has 9 heteroatoms. The first-order chi connectivity index (χ1) is 10.8. The predicted molar refractivity (Wildman–Crippen MR) is 99.2 cm³/mol. The zero-order valence-electron chi connectivity index (χ0n) is 12.3. The summed E-state index contributed by atoms with van der Waals surface area (Å²) in [4.78, 5) is 16.5. The van der Waals surface area contributed by atoms with Gasteiger partial charge in [0.15, 0.2) is 5.82 Å². The van der Waals surface area contributed by atoms with Crippen molar-refractivity contribution >= 4 is 47.5 Å². The van der Waals surface area contributed by atoms with Crippen LogP contribution in [0.2, 0.25) is 0 Å². The van der Waals surface area contributed by atoms with E-state index in [-0.39, 0.29) is 23.6 Å². The van der Waals surface area contributed by atoms with Crippen LogP contribution in [0.25, 0.3) is 11.4 Å². The van der Waals surface area contributed by atoms with Crippen molar-refractivity contribution < 1.29 is 4.79 Å². The summed E-state index contributed by atoms with van der Waals surface area (Å²) >= 11 is 3.56. The van der Waals surface area contributed by atoms with Crippen LogP contribution in [-0.4, -0.2) is 43.6 Å². The standard InChI is InChI=1S/C14H17N5OS2.ClH/c15-7-12-17-13(19-18-12)9-1-3-10(4-2-9)16-14(20)11-8-21-5-6-22-11;/h1-4,11H,5-8,15H2,(H,16,20)(H,17,18,19);1H. The molecule has 1 aliphatic heterocycles. The fourth-order valence-corrected chi connectivity index (χ4v) is 4.64. The third kappa shape index (κ3) is 4.63. The van der Waals surface area contributed by atoms with Gasteiger partial charge in [-0.25, -0.2) is 4.98 Å². The van der Waals surface area contributed by atoms with Gasteiger partial charge in [0.25, 0.3) is 0 Å². The molecule has 0 aliphatic carbocycles. The van der Waals surface area contributed by atoms with E-state index in [4.69, 9.17) is 5.73 Å². The van der Waals surface area contributed by atoms with Crippen molar-refractivity contribution in [1.82, 2.24) is 15.2 Å². The maximum Gasteiger partial charge on any atom is 0.238 e. The van der Waals surface area contributed by atoms with E-state index in [1.807, 2.05) is 36.0 Å². The summed E-state index contributed by atoms with van der Waals surface area (Å²) < 4.78 is 0. The average molecular weight is 372 g/mol. The average Bonchev–Trinajstić information content (AvgIpc) is 3.05. The van der Waals surface area contributed by atoms with Crippen molar-refractivity contribution in [2.45, 2.75) is 11.8 Å². The molecule has 23 heavy (non-hydrogen) atoms. The van der Waals surface area contributed by atoms with Gasteiger partial charge < -0.3 is 11.1 Å². The summed E-state index contributed by atoms with van der Waals surface area (Å²) in [6.07, 6.45) is 0. The lowest BCUT2D eigenvalue weighted by molar-refractivity contribution is -0.115. The van der Waals surface area contributed by atoms with Crippen LogP contribution in [0.1, 0.15) is 5.82 Å². The van der Waals surface area contributed by atoms with Gasteiger partial charge in [0, 0.05) is 28.5 Å². The lowest BCUT2D eigenvalue weighted by Gasteiger charge is -2.20. The molecule has 1 aromatic carbocycles. The number of aromatic nitrogens is 3. The normalized spacial score (nSPS) is 17.3. The minimum Gasteiger partial charge on any atom is -0.325 e. The molecule has 1 saturated heterocycles. The summed E-state index contributed by atoms with van der Waals surface area (Å²) in [5, 5.41) is 9.90. The Labute approximate surface area is 149 Å². The number of amides is 1. The highest BCUT2D eigenvalue weighted by molar-refractivity contribution is 8.07. The maximum absolute atomic E-state index is 12.2. The third-order valence-corrected chi connectivity index (χ3v) is 6.00. The Morgan fingerprint density at radius 2 is 2.13 bits per heavy atom. The molecule has 0 radical (unpaired) electrons. The summed E-state index contributed by atoms with van der Waals surface area (Å²) in [5.41, 5.74) is 7.18. The fourth-order valence-electron chi connectivity index (χ4n) is 2.08. The minimum atomic E-state index is 0. The zero-order chi connectivity index (χ0) is 15.4. The predicted octanol–water partition coefficient (Wildman–Crippen LogP) is 2.14. The number of hydrogen-bond acceptors (Lipinski definition) is 6. The van der Waals surface area contributed by atoms with Gasteiger partial charge >= 0.3 is 0 Å². The largest absolute Gasteiger partial charge is 0.325 e. The number of carbonyl (C=O) groups is 1. The number of nitrogens with two attached hydrogens (primary N) is 1. The molecule has 0 bridgehead atoms. The first-order valence-corrected chi connectivity index (χ1v) is 9.18. The third-order valence-electron chi connectivity index (χ3n) is 3.24. The van der Waals surface area contributed by atoms with Crippen molar-refractivity contribution in [3.63, 3.8) is 0 Å². The first-order valence-electron chi connectivity index (χ1n) is 6.98. The number of H-pyrrole nitrogens is 1. The number of anilines is 1. The summed E-state index contributed by atoms with van der Waals surface area (Å²) in [7, 11) is 0. The summed E-state index contributed by atoms with van der Waals surface area (Å²) in [6.45, 7) is 0.332. The van der Waals surface area contributed by atoms with Crippen molar-refractivity contribution in [2.75, 3.05) is 22.6 Å². The fraction of sp³-hybridized carbons (Fsp3) is 0.357. The molecule has 1 atom stereocenters. The summed E-state index contributed by atoms with van der Waals surface area (Å²) in [5.74, 6) is 4.39. The van der Waals surface area contributed by atoms with E-state index in [0.29, 0.717) is 18.2 Å². The number of nitrogens with zero attached hydrogens (tertiary/aromatic N) is 2. The number of benzene rings is 1. The van der Waals surface area contributed by atoms with E-state index in [1.165, 1.54) is 0 Å². The van der Waals surface area contributed by atoms with Crippen LogP contribution in [0.15, 0.2) is 24.3 Å². The molecule has 1 aliphatic rings. The molecule has 2 aromatic rings. The molecule has 4 N–H and O–H groups in total. The van der Waals surface area contributed by atoms with Gasteiger partial charge in [-0.1, -0.05) is 0 Å². The van der Waals surface area contributed by atoms with Crippen molar-refractivity contribution in [2.24, 2.45) is 5.73 Å². The quantitative estimate of drug-likeness (QED) is 0.761. The second kappa shape index (κ2) is 8.58. The SMILES string of the molecule is Cl.NCc1nc(-c2ccc(NC(=O)C3CSCCS3)cc2)n[nH]1. The summed E-state index contributed by atoms with van der Waals surface area (Å²) in [6, 6.07) is 7.52. The van der Waals surface area contributed by atoms with Gasteiger partial charge in [-0.2, -0.15) is 16.9 Å². The number of carbonyl (C=O) groups excluding carboxylic acids is 1. The molecule has 0 spiro atoms. The highest BCUT2D eigenvalue weighted by atomic mass is 35.5. The Morgan fingerprint density at radius 1 is 1.35 bits per heavy atom.